The molecular formula is C13H16ClNO3. The molecule has 0 saturated carbocycles. The van der Waals surface area contributed by atoms with Crippen molar-refractivity contribution in [3.05, 3.63) is 16.7 Å². The number of aromatic hydroxyl groups is 1. The molecule has 1 fully saturated rings. The number of halogens is 1. The van der Waals surface area contributed by atoms with Crippen LogP contribution in [0.2, 0.25) is 5.02 Å². The lowest BCUT2D eigenvalue weighted by Gasteiger charge is -2.29. The highest BCUT2D eigenvalue weighted by molar-refractivity contribution is 6.34. The van der Waals surface area contributed by atoms with Crippen LogP contribution in [0, 0.1) is 0 Å². The number of hydrogen-bond acceptors (Lipinski definition) is 4. The van der Waals surface area contributed by atoms with Crippen LogP contribution in [0.25, 0.3) is 0 Å². The van der Waals surface area contributed by atoms with Crippen LogP contribution in [0.4, 0.5) is 0 Å². The fourth-order valence-corrected chi connectivity index (χ4v) is 2.93. The van der Waals surface area contributed by atoms with Gasteiger partial charge in [0.15, 0.2) is 11.5 Å². The molecule has 0 amide bonds. The molecule has 2 aliphatic rings. The van der Waals surface area contributed by atoms with Gasteiger partial charge in [-0.3, -0.25) is 0 Å². The summed E-state index contributed by atoms with van der Waals surface area (Å²) in [7, 11) is 0. The van der Waals surface area contributed by atoms with Gasteiger partial charge in [0.05, 0.1) is 0 Å². The number of phenols is 1. The van der Waals surface area contributed by atoms with Gasteiger partial charge < -0.3 is 19.9 Å². The van der Waals surface area contributed by atoms with E-state index in [1.54, 1.807) is 0 Å². The van der Waals surface area contributed by atoms with Gasteiger partial charge in [0.25, 0.3) is 0 Å². The number of phenolic OH excluding ortho intramolecular Hbond substituents is 1. The smallest absolute Gasteiger partial charge is 0.183 e. The highest BCUT2D eigenvalue weighted by Gasteiger charge is 2.35. The molecule has 98 valence electrons. The Hall–Kier alpha value is -1.13. The van der Waals surface area contributed by atoms with Crippen molar-refractivity contribution in [2.45, 2.75) is 25.3 Å². The molecule has 0 aromatic heterocycles. The molecule has 0 aliphatic carbocycles. The Morgan fingerprint density at radius 3 is 2.89 bits per heavy atom. The number of rotatable bonds is 1. The molecule has 18 heavy (non-hydrogen) atoms. The minimum atomic E-state index is -0.246. The molecule has 1 aromatic rings. The minimum absolute atomic E-state index is 0.0952. The first-order chi connectivity index (χ1) is 8.62. The summed E-state index contributed by atoms with van der Waals surface area (Å²) in [6.07, 6.45) is 2.05. The molecule has 0 radical (unpaired) electrons. The third-order valence-electron chi connectivity index (χ3n) is 3.71. The second kappa shape index (κ2) is 4.21. The first-order valence-corrected chi connectivity index (χ1v) is 6.56. The van der Waals surface area contributed by atoms with Crippen LogP contribution in [0.5, 0.6) is 17.2 Å². The third kappa shape index (κ3) is 1.71. The van der Waals surface area contributed by atoms with E-state index in [-0.39, 0.29) is 16.3 Å². The predicted octanol–water partition coefficient (Wildman–Crippen LogP) is 2.42. The summed E-state index contributed by atoms with van der Waals surface area (Å²) >= 11 is 6.17. The average molecular weight is 270 g/mol. The molecule has 4 nitrogen and oxygen atoms in total. The molecule has 2 heterocycles. The van der Waals surface area contributed by atoms with E-state index in [9.17, 15) is 5.11 Å². The Labute approximate surface area is 111 Å². The lowest BCUT2D eigenvalue weighted by molar-refractivity contribution is 0.170. The summed E-state index contributed by atoms with van der Waals surface area (Å²) in [6, 6.07) is 1.84. The Morgan fingerprint density at radius 1 is 1.39 bits per heavy atom. The average Bonchev–Trinajstić information content (AvgIpc) is 2.82. The topological polar surface area (TPSA) is 50.7 Å². The van der Waals surface area contributed by atoms with Gasteiger partial charge in [-0.2, -0.15) is 0 Å². The molecule has 0 bridgehead atoms. The van der Waals surface area contributed by atoms with Crippen LogP contribution in [0.3, 0.4) is 0 Å². The third-order valence-corrected chi connectivity index (χ3v) is 4.06. The number of fused-ring (bicyclic) bond motifs is 1. The standard InChI is InChI=1S/C13H16ClNO3/c1-13(3-2-4-15-13)8-7-9-12(10(14)11(8)16)18-6-5-17-9/h7,15-16H,2-6H2,1H3. The SMILES string of the molecule is CC1(c2cc3c(c(Cl)c2O)OCCO3)CCCN1. The van der Waals surface area contributed by atoms with Gasteiger partial charge in [0.2, 0.25) is 0 Å². The van der Waals surface area contributed by atoms with Crippen LogP contribution >= 0.6 is 11.6 Å². The van der Waals surface area contributed by atoms with Gasteiger partial charge in [-0.25, -0.2) is 0 Å². The fraction of sp³-hybridized carbons (Fsp3) is 0.538. The van der Waals surface area contributed by atoms with Crippen LogP contribution in [0.15, 0.2) is 6.07 Å². The van der Waals surface area contributed by atoms with Crippen molar-refractivity contribution in [1.82, 2.24) is 5.32 Å². The molecule has 5 heteroatoms. The van der Waals surface area contributed by atoms with E-state index >= 15 is 0 Å². The molecule has 1 atom stereocenters. The Kier molecular flexibility index (Phi) is 2.79. The first-order valence-electron chi connectivity index (χ1n) is 6.18. The van der Waals surface area contributed by atoms with Crippen molar-refractivity contribution in [2.24, 2.45) is 0 Å². The summed E-state index contributed by atoms with van der Waals surface area (Å²) in [6.45, 7) is 3.99. The van der Waals surface area contributed by atoms with Crippen LogP contribution in [-0.2, 0) is 5.54 Å². The minimum Gasteiger partial charge on any atom is -0.506 e. The second-order valence-corrected chi connectivity index (χ2v) is 5.35. The van der Waals surface area contributed by atoms with E-state index in [1.807, 2.05) is 6.07 Å². The number of benzene rings is 1. The lowest BCUT2D eigenvalue weighted by atomic mass is 9.89. The molecule has 0 spiro atoms. The Balaban J connectivity index is 2.13. The zero-order valence-corrected chi connectivity index (χ0v) is 11.0. The van der Waals surface area contributed by atoms with Gasteiger partial charge in [-0.1, -0.05) is 11.6 Å². The van der Waals surface area contributed by atoms with Crippen LogP contribution in [-0.4, -0.2) is 24.9 Å². The van der Waals surface area contributed by atoms with Crippen molar-refractivity contribution in [3.8, 4) is 17.2 Å². The molecule has 1 aromatic carbocycles. The second-order valence-electron chi connectivity index (χ2n) is 4.97. The highest BCUT2D eigenvalue weighted by atomic mass is 35.5. The summed E-state index contributed by atoms with van der Waals surface area (Å²) in [5.41, 5.74) is 0.540. The largest absolute Gasteiger partial charge is 0.506 e. The van der Waals surface area contributed by atoms with Crippen LogP contribution < -0.4 is 14.8 Å². The van der Waals surface area contributed by atoms with E-state index in [0.29, 0.717) is 24.7 Å². The zero-order chi connectivity index (χ0) is 12.8. The predicted molar refractivity (Wildman–Crippen MR) is 68.7 cm³/mol. The van der Waals surface area contributed by atoms with E-state index in [1.165, 1.54) is 0 Å². The maximum Gasteiger partial charge on any atom is 0.183 e. The van der Waals surface area contributed by atoms with Gasteiger partial charge >= 0.3 is 0 Å². The van der Waals surface area contributed by atoms with E-state index in [0.717, 1.165) is 24.9 Å². The molecular weight excluding hydrogens is 254 g/mol. The van der Waals surface area contributed by atoms with Crippen molar-refractivity contribution in [3.63, 3.8) is 0 Å². The molecule has 1 unspecified atom stereocenters. The summed E-state index contributed by atoms with van der Waals surface area (Å²) in [5, 5.41) is 13.9. The van der Waals surface area contributed by atoms with Crippen LogP contribution in [0.1, 0.15) is 25.3 Å². The van der Waals surface area contributed by atoms with Crippen molar-refractivity contribution >= 4 is 11.6 Å². The zero-order valence-electron chi connectivity index (χ0n) is 10.3. The summed E-state index contributed by atoms with van der Waals surface area (Å²) in [5.74, 6) is 1.16. The van der Waals surface area contributed by atoms with Gasteiger partial charge in [-0.05, 0) is 32.4 Å². The quantitative estimate of drug-likeness (QED) is 0.822. The lowest BCUT2D eigenvalue weighted by Crippen LogP contribution is -2.33. The van der Waals surface area contributed by atoms with E-state index < -0.39 is 0 Å². The van der Waals surface area contributed by atoms with E-state index in [4.69, 9.17) is 21.1 Å². The normalized spacial score (nSPS) is 26.3. The van der Waals surface area contributed by atoms with Crippen molar-refractivity contribution < 1.29 is 14.6 Å². The van der Waals surface area contributed by atoms with Gasteiger partial charge in [-0.15, -0.1) is 0 Å². The van der Waals surface area contributed by atoms with Crippen molar-refractivity contribution in [1.29, 1.82) is 0 Å². The van der Waals surface area contributed by atoms with Gasteiger partial charge in [0, 0.05) is 11.1 Å². The summed E-state index contributed by atoms with van der Waals surface area (Å²) < 4.78 is 11.0. The number of hydrogen-bond donors (Lipinski definition) is 2. The Bertz CT molecular complexity index is 484. The molecule has 3 rings (SSSR count). The Morgan fingerprint density at radius 2 is 2.17 bits per heavy atom. The molecule has 1 saturated heterocycles. The fourth-order valence-electron chi connectivity index (χ4n) is 2.68. The van der Waals surface area contributed by atoms with E-state index in [2.05, 4.69) is 12.2 Å². The number of nitrogens with one attached hydrogen (secondary N) is 1. The maximum atomic E-state index is 10.3. The van der Waals surface area contributed by atoms with Gasteiger partial charge in [0.1, 0.15) is 24.0 Å². The first kappa shape index (κ1) is 11.9. The van der Waals surface area contributed by atoms with Crippen molar-refractivity contribution in [2.75, 3.05) is 19.8 Å². The monoisotopic (exact) mass is 269 g/mol. The molecule has 2 N–H and O–H groups in total. The number of ether oxygens (including phenoxy) is 2. The summed E-state index contributed by atoms with van der Waals surface area (Å²) in [4.78, 5) is 0. The highest BCUT2D eigenvalue weighted by Crippen LogP contribution is 2.49. The maximum absolute atomic E-state index is 10.3. The molecule has 2 aliphatic heterocycles.